The Morgan fingerprint density at radius 1 is 1.16 bits per heavy atom. The van der Waals surface area contributed by atoms with Crippen LogP contribution in [-0.4, -0.2) is 32.1 Å². The Labute approximate surface area is 189 Å². The van der Waals surface area contributed by atoms with E-state index >= 15 is 0 Å². The molecule has 2 aromatic heterocycles. The van der Waals surface area contributed by atoms with E-state index < -0.39 is 0 Å². The average Bonchev–Trinajstić information content (AvgIpc) is 3.39. The molecular weight excluding hydrogens is 434 g/mol. The number of carbonyl (C=O) groups excluding carboxylic acids is 1. The molecule has 158 valence electrons. The molecule has 1 N–H and O–H groups in total. The lowest BCUT2D eigenvalue weighted by molar-refractivity contribution is -0.116. The van der Waals surface area contributed by atoms with Crippen molar-refractivity contribution in [3.63, 3.8) is 0 Å². The van der Waals surface area contributed by atoms with Gasteiger partial charge in [0.1, 0.15) is 12.3 Å². The van der Waals surface area contributed by atoms with Crippen LogP contribution in [-0.2, 0) is 11.3 Å². The maximum atomic E-state index is 12.8. The highest BCUT2D eigenvalue weighted by molar-refractivity contribution is 7.71. The van der Waals surface area contributed by atoms with Crippen LogP contribution in [0.3, 0.4) is 0 Å². The fourth-order valence-electron chi connectivity index (χ4n) is 3.22. The Morgan fingerprint density at radius 2 is 1.90 bits per heavy atom. The maximum absolute atomic E-state index is 12.8. The molecule has 0 fully saturated rings. The third kappa shape index (κ3) is 4.26. The van der Waals surface area contributed by atoms with Gasteiger partial charge in [-0.3, -0.25) is 9.47 Å². The van der Waals surface area contributed by atoms with Gasteiger partial charge in [-0.15, -0.1) is 5.10 Å². The van der Waals surface area contributed by atoms with Crippen LogP contribution in [0.4, 0.5) is 5.69 Å². The number of hydrogen-bond acceptors (Lipinski definition) is 4. The first-order valence-electron chi connectivity index (χ1n) is 9.51. The number of hydrogen-bond donors (Lipinski definition) is 1. The molecule has 31 heavy (non-hydrogen) atoms. The minimum atomic E-state index is -0.259. The number of methoxy groups -OCH3 is 1. The van der Waals surface area contributed by atoms with Gasteiger partial charge in [-0.1, -0.05) is 29.8 Å². The lowest BCUT2D eigenvalue weighted by Gasteiger charge is -2.10. The van der Waals surface area contributed by atoms with Gasteiger partial charge in [-0.2, -0.15) is 0 Å². The second kappa shape index (κ2) is 8.79. The van der Waals surface area contributed by atoms with Crippen molar-refractivity contribution in [3.8, 4) is 17.1 Å². The predicted octanol–water partition coefficient (Wildman–Crippen LogP) is 4.80. The topological polar surface area (TPSA) is 66.0 Å². The minimum Gasteiger partial charge on any atom is -0.496 e. The molecule has 4 rings (SSSR count). The first kappa shape index (κ1) is 20.9. The summed E-state index contributed by atoms with van der Waals surface area (Å²) in [6, 6.07) is 16.7. The van der Waals surface area contributed by atoms with E-state index in [4.69, 9.17) is 28.6 Å². The quantitative estimate of drug-likeness (QED) is 0.426. The van der Waals surface area contributed by atoms with E-state index in [0.29, 0.717) is 27.1 Å². The second-order valence-corrected chi connectivity index (χ2v) is 7.65. The Kier molecular flexibility index (Phi) is 5.92. The Morgan fingerprint density at radius 3 is 2.65 bits per heavy atom. The number of benzene rings is 2. The van der Waals surface area contributed by atoms with E-state index in [1.807, 2.05) is 66.5 Å². The van der Waals surface area contributed by atoms with Crippen LogP contribution in [0, 0.1) is 11.7 Å². The van der Waals surface area contributed by atoms with Crippen molar-refractivity contribution in [2.45, 2.75) is 13.5 Å². The van der Waals surface area contributed by atoms with Gasteiger partial charge in [-0.05, 0) is 61.1 Å². The van der Waals surface area contributed by atoms with Crippen molar-refractivity contribution in [1.82, 2.24) is 19.1 Å². The molecule has 0 saturated carbocycles. The molecule has 0 spiro atoms. The summed E-state index contributed by atoms with van der Waals surface area (Å²) in [7, 11) is 1.60. The SMILES string of the molecule is COc1ccccc1-c1nn(CC(=O)Nc2cc(Cl)ccc2C)c(=S)n1-n1cccc1. The number of ether oxygens (including phenoxy) is 1. The van der Waals surface area contributed by atoms with Crippen LogP contribution in [0.5, 0.6) is 5.75 Å². The minimum absolute atomic E-state index is 0.0544. The standard InChI is InChI=1S/C22H20ClN5O2S/c1-15-9-10-16(23)13-18(15)24-20(29)14-27-22(31)28(26-11-5-6-12-26)21(25-27)17-7-3-4-8-19(17)30-2/h3-13H,14H2,1-2H3,(H,24,29). The summed E-state index contributed by atoms with van der Waals surface area (Å²) in [5.41, 5.74) is 2.32. The van der Waals surface area contributed by atoms with Crippen LogP contribution in [0.2, 0.25) is 5.02 Å². The predicted molar refractivity (Wildman–Crippen MR) is 123 cm³/mol. The summed E-state index contributed by atoms with van der Waals surface area (Å²) in [5, 5.41) is 8.08. The first-order valence-corrected chi connectivity index (χ1v) is 10.3. The van der Waals surface area contributed by atoms with Crippen molar-refractivity contribution in [2.24, 2.45) is 0 Å². The average molecular weight is 454 g/mol. The second-order valence-electron chi connectivity index (χ2n) is 6.85. The van der Waals surface area contributed by atoms with Crippen LogP contribution < -0.4 is 10.1 Å². The van der Waals surface area contributed by atoms with Crippen LogP contribution >= 0.6 is 23.8 Å². The highest BCUT2D eigenvalue weighted by Gasteiger charge is 2.19. The third-order valence-corrected chi connectivity index (χ3v) is 5.37. The first-order chi connectivity index (χ1) is 15.0. The molecule has 7 nitrogen and oxygen atoms in total. The Hall–Kier alpha value is -3.36. The molecule has 0 saturated heterocycles. The van der Waals surface area contributed by atoms with Crippen molar-refractivity contribution in [3.05, 3.63) is 82.3 Å². The van der Waals surface area contributed by atoms with E-state index in [1.165, 1.54) is 4.68 Å². The molecule has 0 unspecified atom stereocenters. The molecule has 0 bridgehead atoms. The van der Waals surface area contributed by atoms with Gasteiger partial charge >= 0.3 is 0 Å². The molecule has 0 radical (unpaired) electrons. The monoisotopic (exact) mass is 453 g/mol. The summed E-state index contributed by atoms with van der Waals surface area (Å²) in [6.45, 7) is 1.85. The van der Waals surface area contributed by atoms with Crippen LogP contribution in [0.1, 0.15) is 5.56 Å². The molecule has 0 aliphatic carbocycles. The summed E-state index contributed by atoms with van der Waals surface area (Å²) < 4.78 is 10.9. The smallest absolute Gasteiger partial charge is 0.246 e. The van der Waals surface area contributed by atoms with Gasteiger partial charge in [0.15, 0.2) is 5.82 Å². The van der Waals surface area contributed by atoms with Gasteiger partial charge in [0, 0.05) is 23.1 Å². The number of carbonyl (C=O) groups is 1. The van der Waals surface area contributed by atoms with Gasteiger partial charge in [-0.25, -0.2) is 9.36 Å². The fourth-order valence-corrected chi connectivity index (χ4v) is 3.68. The molecule has 2 heterocycles. The summed E-state index contributed by atoms with van der Waals surface area (Å²) >= 11 is 11.7. The Bertz CT molecular complexity index is 1290. The summed E-state index contributed by atoms with van der Waals surface area (Å²) in [6.07, 6.45) is 3.71. The molecule has 0 aliphatic heterocycles. The number of aryl methyl sites for hydroxylation is 1. The zero-order valence-corrected chi connectivity index (χ0v) is 18.5. The molecular formula is C22H20ClN5O2S. The molecule has 9 heteroatoms. The normalized spacial score (nSPS) is 10.8. The molecule has 4 aromatic rings. The number of aromatic nitrogens is 4. The van der Waals surface area contributed by atoms with E-state index in [1.54, 1.807) is 23.9 Å². The number of amides is 1. The molecule has 2 aromatic carbocycles. The molecule has 0 aliphatic rings. The van der Waals surface area contributed by atoms with E-state index in [9.17, 15) is 4.79 Å². The van der Waals surface area contributed by atoms with Crippen LogP contribution in [0.25, 0.3) is 11.4 Å². The van der Waals surface area contributed by atoms with Gasteiger partial charge in [0.05, 0.1) is 12.7 Å². The van der Waals surface area contributed by atoms with Crippen LogP contribution in [0.15, 0.2) is 67.0 Å². The summed E-state index contributed by atoms with van der Waals surface area (Å²) in [4.78, 5) is 12.8. The number of anilines is 1. The largest absolute Gasteiger partial charge is 0.496 e. The maximum Gasteiger partial charge on any atom is 0.246 e. The number of rotatable bonds is 6. The highest BCUT2D eigenvalue weighted by atomic mass is 35.5. The number of para-hydroxylation sites is 1. The van der Waals surface area contributed by atoms with Gasteiger partial charge in [0.2, 0.25) is 10.7 Å². The van der Waals surface area contributed by atoms with Gasteiger partial charge in [0.25, 0.3) is 0 Å². The molecule has 1 amide bonds. The van der Waals surface area contributed by atoms with Crippen molar-refractivity contribution < 1.29 is 9.53 Å². The highest BCUT2D eigenvalue weighted by Crippen LogP contribution is 2.29. The lowest BCUT2D eigenvalue weighted by Crippen LogP contribution is -2.20. The lowest BCUT2D eigenvalue weighted by atomic mass is 10.2. The third-order valence-electron chi connectivity index (χ3n) is 4.75. The fraction of sp³-hybridized carbons (Fsp3) is 0.136. The number of halogens is 1. The number of nitrogens with zero attached hydrogens (tertiary/aromatic N) is 4. The summed E-state index contributed by atoms with van der Waals surface area (Å²) in [5.74, 6) is 0.956. The van der Waals surface area contributed by atoms with E-state index in [2.05, 4.69) is 10.4 Å². The van der Waals surface area contributed by atoms with Crippen molar-refractivity contribution in [1.29, 1.82) is 0 Å². The van der Waals surface area contributed by atoms with E-state index in [0.717, 1.165) is 11.1 Å². The number of nitrogens with one attached hydrogen (secondary N) is 1. The Balaban J connectivity index is 1.73. The molecule has 0 atom stereocenters. The zero-order chi connectivity index (χ0) is 22.0. The zero-order valence-electron chi connectivity index (χ0n) is 16.9. The van der Waals surface area contributed by atoms with Gasteiger partial charge < -0.3 is 10.1 Å². The van der Waals surface area contributed by atoms with Crippen molar-refractivity contribution >= 4 is 35.4 Å². The van der Waals surface area contributed by atoms with E-state index in [-0.39, 0.29) is 12.5 Å². The van der Waals surface area contributed by atoms with Crippen molar-refractivity contribution in [2.75, 3.05) is 12.4 Å².